The van der Waals surface area contributed by atoms with Crippen molar-refractivity contribution in [1.82, 2.24) is 0 Å². The smallest absolute Gasteiger partial charge is 0.178 e. The average molecular weight is 798 g/mol. The van der Waals surface area contributed by atoms with Crippen LogP contribution in [0.25, 0.3) is 39.6 Å². The molecule has 3 aliphatic carbocycles. The normalized spacial score (nSPS) is 15.2. The molecule has 0 N–H and O–H groups in total. The summed E-state index contributed by atoms with van der Waals surface area (Å²) in [6.07, 6.45) is 10.8. The predicted molar refractivity (Wildman–Crippen MR) is 253 cm³/mol. The molecule has 296 valence electrons. The molecule has 4 aliphatic rings. The maximum atomic E-state index is 7.04. The van der Waals surface area contributed by atoms with Crippen molar-refractivity contribution >= 4 is 23.0 Å². The third-order valence-corrected chi connectivity index (χ3v) is 13.2. The fourth-order valence-electron chi connectivity index (χ4n) is 10.4. The zero-order valence-electron chi connectivity index (χ0n) is 34.3. The Morgan fingerprint density at radius 2 is 1.13 bits per heavy atom. The zero-order valence-corrected chi connectivity index (χ0v) is 34.3. The summed E-state index contributed by atoms with van der Waals surface area (Å²) in [7, 11) is 0. The van der Waals surface area contributed by atoms with E-state index in [1.807, 2.05) is 0 Å². The van der Waals surface area contributed by atoms with Crippen LogP contribution in [0.4, 0.5) is 5.69 Å². The lowest BCUT2D eigenvalue weighted by molar-refractivity contribution is 0.360. The highest BCUT2D eigenvalue weighted by molar-refractivity contribution is 5.92. The van der Waals surface area contributed by atoms with Crippen LogP contribution in [0.1, 0.15) is 53.5 Å². The Hall–Kier alpha value is -7.62. The number of benzene rings is 8. The Labute approximate surface area is 362 Å². The van der Waals surface area contributed by atoms with Gasteiger partial charge in [-0.3, -0.25) is 0 Å². The van der Waals surface area contributed by atoms with Crippen LogP contribution in [0.3, 0.4) is 0 Å². The van der Waals surface area contributed by atoms with Crippen LogP contribution in [0.15, 0.2) is 212 Å². The maximum absolute atomic E-state index is 7.04. The molecule has 0 unspecified atom stereocenters. The Balaban J connectivity index is 0.947. The van der Waals surface area contributed by atoms with Gasteiger partial charge >= 0.3 is 0 Å². The molecule has 0 saturated heterocycles. The van der Waals surface area contributed by atoms with Crippen LogP contribution in [0, 0.1) is 0 Å². The van der Waals surface area contributed by atoms with E-state index >= 15 is 0 Å². The SMILES string of the molecule is C1=C(c2ccc(-c3ccccc3)cc2)CCC(N(C2=c3ccccc3=CCC2)c2ccc3c(c2)Oc2ccc4c(c2O3)-c2ccccc2C4(c2ccccc2)c2ccccc2)=C1. The summed E-state index contributed by atoms with van der Waals surface area (Å²) >= 11 is 0. The Bertz CT molecular complexity index is 3180. The molecule has 0 aromatic heterocycles. The highest BCUT2D eigenvalue weighted by Gasteiger charge is 2.48. The standard InChI is InChI=1S/C59H43NO2/c1-4-15-40(16-5-1)41-27-29-42(30-28-41)43-31-33-47(34-32-43)60(53-26-14-18-44-17-10-11-23-49(44)53)48-35-37-54-56(39-48)61-55-38-36-52-57(58(55)62-54)50-24-12-13-25-51(50)59(52,45-19-6-2-7-20-45)46-21-8-3-9-22-46/h1-13,15-25,27-31,33,35-39H,14,26,32,34H2. The number of anilines is 1. The first-order valence-corrected chi connectivity index (χ1v) is 21.8. The van der Waals surface area contributed by atoms with Gasteiger partial charge in [-0.15, -0.1) is 0 Å². The largest absolute Gasteiger partial charge is 0.449 e. The van der Waals surface area contributed by atoms with Crippen molar-refractivity contribution in [2.45, 2.75) is 31.1 Å². The third kappa shape index (κ3) is 5.80. The van der Waals surface area contributed by atoms with Crippen LogP contribution >= 0.6 is 0 Å². The maximum Gasteiger partial charge on any atom is 0.178 e. The van der Waals surface area contributed by atoms with Gasteiger partial charge in [0.05, 0.1) is 5.41 Å². The Kier molecular flexibility index (Phi) is 8.67. The van der Waals surface area contributed by atoms with E-state index in [-0.39, 0.29) is 0 Å². The number of fused-ring (bicyclic) bond motifs is 7. The van der Waals surface area contributed by atoms with E-state index in [1.165, 1.54) is 66.3 Å². The molecular weight excluding hydrogens is 755 g/mol. The summed E-state index contributed by atoms with van der Waals surface area (Å²) in [6.45, 7) is 0. The van der Waals surface area contributed by atoms with Crippen molar-refractivity contribution in [3.05, 3.63) is 250 Å². The lowest BCUT2D eigenvalue weighted by Crippen LogP contribution is -2.36. The second kappa shape index (κ2) is 14.8. The topological polar surface area (TPSA) is 21.7 Å². The minimum atomic E-state index is -0.518. The van der Waals surface area contributed by atoms with Gasteiger partial charge in [0.2, 0.25) is 0 Å². The molecule has 3 heteroatoms. The molecule has 1 aliphatic heterocycles. The molecule has 12 rings (SSSR count). The second-order valence-corrected chi connectivity index (χ2v) is 16.6. The summed E-state index contributed by atoms with van der Waals surface area (Å²) in [6, 6.07) is 69.8. The molecule has 0 saturated carbocycles. The first-order valence-electron chi connectivity index (χ1n) is 21.8. The van der Waals surface area contributed by atoms with Gasteiger partial charge in [-0.2, -0.15) is 0 Å². The Morgan fingerprint density at radius 1 is 0.468 bits per heavy atom. The molecular formula is C59H43NO2. The summed E-state index contributed by atoms with van der Waals surface area (Å²) in [4.78, 5) is 2.49. The van der Waals surface area contributed by atoms with Crippen LogP contribution in [-0.2, 0) is 5.41 Å². The van der Waals surface area contributed by atoms with Crippen molar-refractivity contribution in [1.29, 1.82) is 0 Å². The van der Waals surface area contributed by atoms with Gasteiger partial charge in [-0.05, 0) is 105 Å². The van der Waals surface area contributed by atoms with Crippen molar-refractivity contribution in [2.24, 2.45) is 0 Å². The van der Waals surface area contributed by atoms with Gasteiger partial charge in [0.15, 0.2) is 23.0 Å². The molecule has 3 nitrogen and oxygen atoms in total. The van der Waals surface area contributed by atoms with E-state index in [0.717, 1.165) is 54.0 Å². The zero-order chi connectivity index (χ0) is 41.0. The predicted octanol–water partition coefficient (Wildman–Crippen LogP) is 13.6. The molecule has 0 atom stereocenters. The van der Waals surface area contributed by atoms with Gasteiger partial charge in [0, 0.05) is 33.9 Å². The summed E-state index contributed by atoms with van der Waals surface area (Å²) in [5.74, 6) is 2.91. The number of allylic oxidation sites excluding steroid dienone is 4. The molecule has 62 heavy (non-hydrogen) atoms. The average Bonchev–Trinajstić information content (AvgIpc) is 3.66. The molecule has 8 aromatic carbocycles. The van der Waals surface area contributed by atoms with Crippen molar-refractivity contribution < 1.29 is 9.47 Å². The highest BCUT2D eigenvalue weighted by Crippen LogP contribution is 2.62. The number of hydrogen-bond donors (Lipinski definition) is 0. The van der Waals surface area contributed by atoms with Crippen LogP contribution in [-0.4, -0.2) is 0 Å². The fraction of sp³-hybridized carbons (Fsp3) is 0.0847. The molecule has 1 heterocycles. The van der Waals surface area contributed by atoms with E-state index in [0.29, 0.717) is 11.5 Å². The summed E-state index contributed by atoms with van der Waals surface area (Å²) < 4.78 is 14.0. The molecule has 0 bridgehead atoms. The van der Waals surface area contributed by atoms with Crippen LogP contribution in [0.5, 0.6) is 23.0 Å². The highest BCUT2D eigenvalue weighted by atomic mass is 16.6. The molecule has 8 aromatic rings. The molecule has 0 fully saturated rings. The second-order valence-electron chi connectivity index (χ2n) is 16.6. The van der Waals surface area contributed by atoms with Gasteiger partial charge in [-0.25, -0.2) is 0 Å². The lowest BCUT2D eigenvalue weighted by Gasteiger charge is -2.34. The lowest BCUT2D eigenvalue weighted by atomic mass is 9.68. The van der Waals surface area contributed by atoms with Crippen molar-refractivity contribution in [2.75, 3.05) is 4.90 Å². The summed E-state index contributed by atoms with van der Waals surface area (Å²) in [5.41, 5.74) is 15.3. The van der Waals surface area contributed by atoms with Crippen molar-refractivity contribution in [3.8, 4) is 45.3 Å². The number of hydrogen-bond acceptors (Lipinski definition) is 3. The van der Waals surface area contributed by atoms with Gasteiger partial charge in [0.1, 0.15) is 0 Å². The fourth-order valence-corrected chi connectivity index (χ4v) is 10.4. The van der Waals surface area contributed by atoms with Gasteiger partial charge in [-0.1, -0.05) is 182 Å². The van der Waals surface area contributed by atoms with Crippen LogP contribution in [0.2, 0.25) is 0 Å². The van der Waals surface area contributed by atoms with E-state index in [1.54, 1.807) is 0 Å². The van der Waals surface area contributed by atoms with E-state index in [9.17, 15) is 0 Å². The van der Waals surface area contributed by atoms with Gasteiger partial charge in [0.25, 0.3) is 0 Å². The minimum absolute atomic E-state index is 0.518. The number of nitrogens with zero attached hydrogens (tertiary/aromatic N) is 1. The first kappa shape index (κ1) is 36.2. The first-order chi connectivity index (χ1) is 30.7. The van der Waals surface area contributed by atoms with Crippen molar-refractivity contribution in [3.63, 3.8) is 0 Å². The number of rotatable bonds is 7. The monoisotopic (exact) mass is 797 g/mol. The summed E-state index contributed by atoms with van der Waals surface area (Å²) in [5, 5.41) is 2.56. The van der Waals surface area contributed by atoms with Gasteiger partial charge < -0.3 is 14.4 Å². The molecule has 0 spiro atoms. The number of ether oxygens (including phenoxy) is 2. The molecule has 0 amide bonds. The van der Waals surface area contributed by atoms with Crippen LogP contribution < -0.4 is 24.8 Å². The quantitative estimate of drug-likeness (QED) is 0.160. The van der Waals surface area contributed by atoms with E-state index in [2.05, 4.69) is 217 Å². The minimum Gasteiger partial charge on any atom is -0.449 e. The Morgan fingerprint density at radius 3 is 1.89 bits per heavy atom. The van der Waals surface area contributed by atoms with E-state index in [4.69, 9.17) is 9.47 Å². The third-order valence-electron chi connectivity index (χ3n) is 13.2. The molecule has 0 radical (unpaired) electrons. The van der Waals surface area contributed by atoms with E-state index < -0.39 is 5.41 Å².